The molecule has 0 bridgehead atoms. The smallest absolute Gasteiger partial charge is 0.150 e. The molecule has 2 N–H and O–H groups in total. The third-order valence-electron chi connectivity index (χ3n) is 2.30. The summed E-state index contributed by atoms with van der Waals surface area (Å²) < 4.78 is 14.6. The van der Waals surface area contributed by atoms with Crippen LogP contribution in [-0.2, 0) is 12.3 Å². The molecule has 2 aromatic rings. The van der Waals surface area contributed by atoms with Crippen LogP contribution in [0, 0.1) is 12.7 Å². The van der Waals surface area contributed by atoms with Gasteiger partial charge in [-0.25, -0.2) is 9.37 Å². The zero-order valence-electron chi connectivity index (χ0n) is 9.44. The van der Waals surface area contributed by atoms with E-state index >= 15 is 0 Å². The molecule has 2 nitrogen and oxygen atoms in total. The fourth-order valence-corrected chi connectivity index (χ4v) is 3.21. The molecule has 0 atom stereocenters. The van der Waals surface area contributed by atoms with Crippen LogP contribution in [-0.4, -0.2) is 4.98 Å². The van der Waals surface area contributed by atoms with Gasteiger partial charge in [0, 0.05) is 23.4 Å². The Morgan fingerprint density at radius 2 is 2.29 bits per heavy atom. The predicted molar refractivity (Wildman–Crippen MR) is 70.7 cm³/mol. The van der Waals surface area contributed by atoms with Crippen LogP contribution in [0.1, 0.15) is 16.8 Å². The molecule has 90 valence electrons. The lowest BCUT2D eigenvalue weighted by Crippen LogP contribution is -1.98. The summed E-state index contributed by atoms with van der Waals surface area (Å²) in [5.74, 6) is 0.414. The molecule has 0 amide bonds. The van der Waals surface area contributed by atoms with E-state index in [0.717, 1.165) is 15.6 Å². The summed E-state index contributed by atoms with van der Waals surface area (Å²) in [5, 5.41) is 2.00. The molecule has 1 aromatic heterocycles. The number of hydrogen-bond acceptors (Lipinski definition) is 4. The van der Waals surface area contributed by atoms with E-state index < -0.39 is 0 Å². The van der Waals surface area contributed by atoms with E-state index in [1.165, 1.54) is 6.07 Å². The van der Waals surface area contributed by atoms with Gasteiger partial charge in [0.05, 0.1) is 0 Å². The summed E-state index contributed by atoms with van der Waals surface area (Å²) in [6.07, 6.45) is 0. The van der Waals surface area contributed by atoms with Crippen molar-refractivity contribution in [3.63, 3.8) is 0 Å². The van der Waals surface area contributed by atoms with Gasteiger partial charge >= 0.3 is 0 Å². The minimum atomic E-state index is -0.186. The zero-order valence-corrected chi connectivity index (χ0v) is 11.1. The minimum Gasteiger partial charge on any atom is -0.326 e. The highest BCUT2D eigenvalue weighted by atomic mass is 32.2. The lowest BCUT2D eigenvalue weighted by Gasteiger charge is -2.03. The monoisotopic (exact) mass is 268 g/mol. The molecule has 0 aliphatic carbocycles. The van der Waals surface area contributed by atoms with Gasteiger partial charge in [-0.2, -0.15) is 0 Å². The molecule has 0 unspecified atom stereocenters. The van der Waals surface area contributed by atoms with Crippen molar-refractivity contribution in [1.82, 2.24) is 4.98 Å². The van der Waals surface area contributed by atoms with Crippen molar-refractivity contribution in [2.24, 2.45) is 5.73 Å². The fraction of sp³-hybridized carbons (Fsp3) is 0.250. The lowest BCUT2D eigenvalue weighted by atomic mass is 10.1. The normalized spacial score (nSPS) is 10.8. The number of aryl methyl sites for hydroxylation is 1. The van der Waals surface area contributed by atoms with Crippen LogP contribution in [0.2, 0.25) is 0 Å². The Kier molecular flexibility index (Phi) is 4.15. The van der Waals surface area contributed by atoms with Gasteiger partial charge in [-0.3, -0.25) is 0 Å². The number of aromatic nitrogens is 1. The number of rotatable bonds is 4. The quantitative estimate of drug-likeness (QED) is 0.864. The molecule has 0 saturated heterocycles. The Hall–Kier alpha value is -0.910. The molecular formula is C12H13FN2S2. The summed E-state index contributed by atoms with van der Waals surface area (Å²) in [4.78, 5) is 4.33. The Morgan fingerprint density at radius 3 is 2.88 bits per heavy atom. The highest BCUT2D eigenvalue weighted by Crippen LogP contribution is 2.27. The highest BCUT2D eigenvalue weighted by Gasteiger charge is 2.05. The van der Waals surface area contributed by atoms with Crippen LogP contribution in [0.5, 0.6) is 0 Å². The number of nitrogens with zero attached hydrogens (tertiary/aromatic N) is 1. The summed E-state index contributed by atoms with van der Waals surface area (Å²) in [7, 11) is 0. The second kappa shape index (κ2) is 5.62. The molecule has 0 aliphatic heterocycles. The van der Waals surface area contributed by atoms with E-state index in [4.69, 9.17) is 5.73 Å². The van der Waals surface area contributed by atoms with E-state index in [-0.39, 0.29) is 5.82 Å². The summed E-state index contributed by atoms with van der Waals surface area (Å²) in [6.45, 7) is 2.33. The van der Waals surface area contributed by atoms with Crippen LogP contribution in [0.4, 0.5) is 4.39 Å². The maximum absolute atomic E-state index is 13.7. The molecule has 5 heteroatoms. The zero-order chi connectivity index (χ0) is 12.3. The third kappa shape index (κ3) is 3.28. The number of halogens is 1. The maximum atomic E-state index is 13.7. The Morgan fingerprint density at radius 1 is 1.47 bits per heavy atom. The first kappa shape index (κ1) is 12.5. The average molecular weight is 268 g/mol. The van der Waals surface area contributed by atoms with Crippen molar-refractivity contribution in [2.75, 3.05) is 0 Å². The van der Waals surface area contributed by atoms with E-state index in [2.05, 4.69) is 4.98 Å². The molecule has 17 heavy (non-hydrogen) atoms. The Labute approximate surface area is 108 Å². The van der Waals surface area contributed by atoms with E-state index in [0.29, 0.717) is 17.9 Å². The van der Waals surface area contributed by atoms with Crippen molar-refractivity contribution in [1.29, 1.82) is 0 Å². The van der Waals surface area contributed by atoms with Crippen LogP contribution in [0.25, 0.3) is 0 Å². The molecule has 1 heterocycles. The summed E-state index contributed by atoms with van der Waals surface area (Å²) in [6, 6.07) is 5.17. The average Bonchev–Trinajstić information content (AvgIpc) is 2.73. The lowest BCUT2D eigenvalue weighted by molar-refractivity contribution is 0.615. The van der Waals surface area contributed by atoms with Gasteiger partial charge in [-0.15, -0.1) is 11.3 Å². The van der Waals surface area contributed by atoms with Gasteiger partial charge < -0.3 is 5.73 Å². The van der Waals surface area contributed by atoms with Crippen molar-refractivity contribution < 1.29 is 4.39 Å². The molecule has 0 saturated carbocycles. The highest BCUT2D eigenvalue weighted by molar-refractivity contribution is 8.00. The number of benzene rings is 1. The minimum absolute atomic E-state index is 0.186. The maximum Gasteiger partial charge on any atom is 0.150 e. The molecule has 0 radical (unpaired) electrons. The predicted octanol–water partition coefficient (Wildman–Crippen LogP) is 3.34. The largest absolute Gasteiger partial charge is 0.326 e. The van der Waals surface area contributed by atoms with E-state index in [1.54, 1.807) is 29.2 Å². The first-order valence-electron chi connectivity index (χ1n) is 5.21. The van der Waals surface area contributed by atoms with Gasteiger partial charge in [0.1, 0.15) is 10.2 Å². The number of thioether (sulfide) groups is 1. The van der Waals surface area contributed by atoms with Crippen molar-refractivity contribution in [3.05, 3.63) is 46.2 Å². The first-order valence-corrected chi connectivity index (χ1v) is 7.08. The first-order chi connectivity index (χ1) is 8.19. The summed E-state index contributed by atoms with van der Waals surface area (Å²) in [5.41, 5.74) is 7.98. The number of hydrogen-bond donors (Lipinski definition) is 1. The van der Waals surface area contributed by atoms with Crippen molar-refractivity contribution in [3.8, 4) is 0 Å². The second-order valence-corrected chi connectivity index (χ2v) is 5.75. The SMILES string of the molecule is Cc1csc(SCc2ccc(CN)cc2F)n1. The van der Waals surface area contributed by atoms with Crippen LogP contribution in [0.3, 0.4) is 0 Å². The number of thiazole rings is 1. The molecule has 0 aliphatic rings. The van der Waals surface area contributed by atoms with Crippen molar-refractivity contribution in [2.45, 2.75) is 23.6 Å². The Bertz CT molecular complexity index is 511. The molecule has 2 rings (SSSR count). The van der Waals surface area contributed by atoms with Crippen LogP contribution < -0.4 is 5.73 Å². The summed E-state index contributed by atoms with van der Waals surface area (Å²) >= 11 is 3.15. The Balaban J connectivity index is 2.04. The van der Waals surface area contributed by atoms with Gasteiger partial charge in [0.2, 0.25) is 0 Å². The second-order valence-electron chi connectivity index (χ2n) is 3.67. The standard InChI is InChI=1S/C12H13FN2S2/c1-8-6-16-12(15-8)17-7-10-3-2-9(5-14)4-11(10)13/h2-4,6H,5,7,14H2,1H3. The van der Waals surface area contributed by atoms with Gasteiger partial charge in [-0.1, -0.05) is 23.9 Å². The van der Waals surface area contributed by atoms with E-state index in [9.17, 15) is 4.39 Å². The molecule has 1 aromatic carbocycles. The van der Waals surface area contributed by atoms with E-state index in [1.807, 2.05) is 18.4 Å². The van der Waals surface area contributed by atoms with Gasteiger partial charge in [-0.05, 0) is 24.1 Å². The third-order valence-corrected chi connectivity index (χ3v) is 4.49. The molecular weight excluding hydrogens is 255 g/mol. The van der Waals surface area contributed by atoms with Crippen LogP contribution in [0.15, 0.2) is 27.9 Å². The van der Waals surface area contributed by atoms with Crippen molar-refractivity contribution >= 4 is 23.1 Å². The molecule has 0 fully saturated rings. The fourth-order valence-electron chi connectivity index (χ4n) is 1.37. The molecule has 0 spiro atoms. The topological polar surface area (TPSA) is 38.9 Å². The van der Waals surface area contributed by atoms with Gasteiger partial charge in [0.15, 0.2) is 0 Å². The van der Waals surface area contributed by atoms with Crippen LogP contribution >= 0.6 is 23.1 Å². The number of nitrogens with two attached hydrogens (primary N) is 1. The van der Waals surface area contributed by atoms with Gasteiger partial charge in [0.25, 0.3) is 0 Å².